The van der Waals surface area contributed by atoms with Crippen LogP contribution in [0.1, 0.15) is 24.8 Å². The number of nitrogens with one attached hydrogen (secondary N) is 2. The van der Waals surface area contributed by atoms with E-state index in [4.69, 9.17) is 5.84 Å². The Hall–Kier alpha value is -1.06. The Morgan fingerprint density at radius 1 is 1.07 bits per heavy atom. The van der Waals surface area contributed by atoms with Gasteiger partial charge in [-0.25, -0.2) is 0 Å². The minimum Gasteiger partial charge on any atom is -0.324 e. The fourth-order valence-electron chi connectivity index (χ4n) is 1.45. The summed E-state index contributed by atoms with van der Waals surface area (Å²) in [7, 11) is 0. The van der Waals surface area contributed by atoms with Crippen molar-refractivity contribution in [3.8, 4) is 0 Å². The molecule has 0 unspecified atom stereocenters. The van der Waals surface area contributed by atoms with Gasteiger partial charge in [-0.3, -0.25) is 5.84 Å². The maximum Gasteiger partial charge on any atom is 0.0485 e. The highest BCUT2D eigenvalue weighted by atomic mass is 15.2. The number of aryl methyl sites for hydroxylation is 1. The van der Waals surface area contributed by atoms with E-state index in [0.29, 0.717) is 0 Å². The lowest BCUT2D eigenvalue weighted by molar-refractivity contribution is 0.520. The van der Waals surface area contributed by atoms with Gasteiger partial charge in [0.2, 0.25) is 0 Å². The Kier molecular flexibility index (Phi) is 5.81. The number of piperidine rings is 1. The summed E-state index contributed by atoms with van der Waals surface area (Å²) >= 11 is 0. The number of nitrogen functional groups attached to an aromatic ring is 1. The van der Waals surface area contributed by atoms with Crippen LogP contribution < -0.4 is 16.6 Å². The number of hydrogen-bond donors (Lipinski definition) is 3. The zero-order chi connectivity index (χ0) is 10.9. The van der Waals surface area contributed by atoms with Gasteiger partial charge in [-0.2, -0.15) is 0 Å². The van der Waals surface area contributed by atoms with Gasteiger partial charge in [0.15, 0.2) is 0 Å². The lowest BCUT2D eigenvalue weighted by Crippen LogP contribution is -2.21. The molecule has 3 nitrogen and oxygen atoms in total. The van der Waals surface area contributed by atoms with Gasteiger partial charge in [0, 0.05) is 5.69 Å². The molecule has 1 saturated heterocycles. The number of rotatable bonds is 1. The largest absolute Gasteiger partial charge is 0.324 e. The molecular formula is C12H21N3. The van der Waals surface area contributed by atoms with Crippen molar-refractivity contribution in [3.63, 3.8) is 0 Å². The molecule has 0 amide bonds. The fraction of sp³-hybridized carbons (Fsp3) is 0.500. The van der Waals surface area contributed by atoms with Crippen molar-refractivity contribution < 1.29 is 0 Å². The predicted octanol–water partition coefficient (Wildman–Crippen LogP) is 2.04. The summed E-state index contributed by atoms with van der Waals surface area (Å²) in [4.78, 5) is 0. The van der Waals surface area contributed by atoms with Crippen LogP contribution in [0.3, 0.4) is 0 Å². The second-order valence-electron chi connectivity index (χ2n) is 3.82. The average molecular weight is 207 g/mol. The number of anilines is 1. The van der Waals surface area contributed by atoms with Crippen molar-refractivity contribution in [3.05, 3.63) is 29.8 Å². The average Bonchev–Trinajstić information content (AvgIpc) is 2.33. The SMILES string of the molecule is C1CCNCC1.Cc1ccc(NN)cc1. The highest BCUT2D eigenvalue weighted by Crippen LogP contribution is 2.05. The molecule has 0 bridgehead atoms. The molecule has 1 aromatic carbocycles. The first-order valence-corrected chi connectivity index (χ1v) is 5.57. The van der Waals surface area contributed by atoms with E-state index < -0.39 is 0 Å². The molecule has 1 aromatic rings. The second-order valence-corrected chi connectivity index (χ2v) is 3.82. The minimum absolute atomic E-state index is 0.945. The maximum atomic E-state index is 5.15. The van der Waals surface area contributed by atoms with Crippen LogP contribution in [0.2, 0.25) is 0 Å². The Bertz CT molecular complexity index is 241. The quantitative estimate of drug-likeness (QED) is 0.488. The van der Waals surface area contributed by atoms with Crippen LogP contribution in [0, 0.1) is 6.92 Å². The molecule has 1 aliphatic rings. The Balaban J connectivity index is 0.000000162. The molecule has 1 heterocycles. The molecule has 15 heavy (non-hydrogen) atoms. The molecule has 0 radical (unpaired) electrons. The van der Waals surface area contributed by atoms with E-state index in [9.17, 15) is 0 Å². The fourth-order valence-corrected chi connectivity index (χ4v) is 1.45. The van der Waals surface area contributed by atoms with E-state index in [0.717, 1.165) is 5.69 Å². The van der Waals surface area contributed by atoms with E-state index in [-0.39, 0.29) is 0 Å². The zero-order valence-electron chi connectivity index (χ0n) is 9.42. The third-order valence-electron chi connectivity index (χ3n) is 2.43. The number of hydrogen-bond acceptors (Lipinski definition) is 3. The van der Waals surface area contributed by atoms with Gasteiger partial charge in [0.05, 0.1) is 0 Å². The predicted molar refractivity (Wildman–Crippen MR) is 65.7 cm³/mol. The summed E-state index contributed by atoms with van der Waals surface area (Å²) in [6, 6.07) is 7.90. The Morgan fingerprint density at radius 3 is 2.00 bits per heavy atom. The topological polar surface area (TPSA) is 50.1 Å². The molecule has 0 spiro atoms. The molecule has 0 saturated carbocycles. The number of benzene rings is 1. The summed E-state index contributed by atoms with van der Waals surface area (Å²) in [6.07, 6.45) is 4.22. The van der Waals surface area contributed by atoms with Gasteiger partial charge in [0.1, 0.15) is 0 Å². The van der Waals surface area contributed by atoms with Crippen LogP contribution in [0.5, 0.6) is 0 Å². The van der Waals surface area contributed by atoms with Crippen LogP contribution in [-0.4, -0.2) is 13.1 Å². The van der Waals surface area contributed by atoms with Crippen molar-refractivity contribution in [1.82, 2.24) is 5.32 Å². The summed E-state index contributed by atoms with van der Waals surface area (Å²) in [5, 5.41) is 3.28. The molecule has 0 aliphatic carbocycles. The minimum atomic E-state index is 0.945. The first kappa shape index (κ1) is 12.0. The van der Waals surface area contributed by atoms with Crippen molar-refractivity contribution in [2.75, 3.05) is 18.5 Å². The molecule has 0 aromatic heterocycles. The van der Waals surface area contributed by atoms with Crippen LogP contribution in [-0.2, 0) is 0 Å². The molecule has 2 rings (SSSR count). The molecular weight excluding hydrogens is 186 g/mol. The first-order chi connectivity index (χ1) is 7.33. The monoisotopic (exact) mass is 207 g/mol. The van der Waals surface area contributed by atoms with Gasteiger partial charge in [-0.1, -0.05) is 24.1 Å². The lowest BCUT2D eigenvalue weighted by Gasteiger charge is -2.08. The molecule has 0 atom stereocenters. The van der Waals surface area contributed by atoms with E-state index in [1.54, 1.807) is 0 Å². The molecule has 1 fully saturated rings. The van der Waals surface area contributed by atoms with E-state index in [1.807, 2.05) is 31.2 Å². The summed E-state index contributed by atoms with van der Waals surface area (Å²) in [5.74, 6) is 5.15. The normalized spacial score (nSPS) is 15.1. The zero-order valence-corrected chi connectivity index (χ0v) is 9.42. The van der Waals surface area contributed by atoms with Crippen LogP contribution >= 0.6 is 0 Å². The molecule has 1 aliphatic heterocycles. The standard InChI is InChI=1S/C7H10N2.C5H11N/c1-6-2-4-7(9-8)5-3-6;1-2-4-6-5-3-1/h2-5,9H,8H2,1H3;6H,1-5H2. The highest BCUT2D eigenvalue weighted by molar-refractivity contribution is 5.42. The summed E-state index contributed by atoms with van der Waals surface area (Å²) < 4.78 is 0. The van der Waals surface area contributed by atoms with E-state index in [1.165, 1.54) is 37.9 Å². The smallest absolute Gasteiger partial charge is 0.0485 e. The van der Waals surface area contributed by atoms with E-state index >= 15 is 0 Å². The van der Waals surface area contributed by atoms with Crippen LogP contribution in [0.4, 0.5) is 5.69 Å². The number of nitrogens with two attached hydrogens (primary N) is 1. The Labute approximate surface area is 92.0 Å². The summed E-state index contributed by atoms with van der Waals surface area (Å²) in [5.41, 5.74) is 4.74. The van der Waals surface area contributed by atoms with Gasteiger partial charge >= 0.3 is 0 Å². The maximum absolute atomic E-state index is 5.15. The lowest BCUT2D eigenvalue weighted by atomic mass is 10.2. The summed E-state index contributed by atoms with van der Waals surface area (Å²) in [6.45, 7) is 4.54. The van der Waals surface area contributed by atoms with Gasteiger partial charge in [-0.05, 0) is 45.0 Å². The first-order valence-electron chi connectivity index (χ1n) is 5.57. The van der Waals surface area contributed by atoms with E-state index in [2.05, 4.69) is 10.7 Å². The van der Waals surface area contributed by atoms with Crippen molar-refractivity contribution >= 4 is 5.69 Å². The van der Waals surface area contributed by atoms with Gasteiger partial charge in [0.25, 0.3) is 0 Å². The molecule has 3 heteroatoms. The van der Waals surface area contributed by atoms with Crippen molar-refractivity contribution in [2.45, 2.75) is 26.2 Å². The van der Waals surface area contributed by atoms with Crippen molar-refractivity contribution in [1.29, 1.82) is 0 Å². The third-order valence-corrected chi connectivity index (χ3v) is 2.43. The number of hydrazine groups is 1. The molecule has 84 valence electrons. The van der Waals surface area contributed by atoms with Gasteiger partial charge < -0.3 is 10.7 Å². The third kappa shape index (κ3) is 5.40. The highest BCUT2D eigenvalue weighted by Gasteiger charge is 1.93. The second kappa shape index (κ2) is 7.26. The van der Waals surface area contributed by atoms with Crippen molar-refractivity contribution in [2.24, 2.45) is 5.84 Å². The molecule has 4 N–H and O–H groups in total. The Morgan fingerprint density at radius 2 is 1.67 bits per heavy atom. The van der Waals surface area contributed by atoms with Crippen LogP contribution in [0.25, 0.3) is 0 Å². The van der Waals surface area contributed by atoms with Gasteiger partial charge in [-0.15, -0.1) is 0 Å². The van der Waals surface area contributed by atoms with Crippen LogP contribution in [0.15, 0.2) is 24.3 Å².